The van der Waals surface area contributed by atoms with Crippen molar-refractivity contribution in [2.24, 2.45) is 16.7 Å². The van der Waals surface area contributed by atoms with E-state index in [1.54, 1.807) is 0 Å². The molecule has 16 heavy (non-hydrogen) atoms. The van der Waals surface area contributed by atoms with Gasteiger partial charge in [-0.25, -0.2) is 0 Å². The van der Waals surface area contributed by atoms with Crippen molar-refractivity contribution in [3.05, 3.63) is 12.2 Å². The average Bonchev–Trinajstić information content (AvgIpc) is 2.86. The smallest absolute Gasteiger partial charge is 0.310 e. The number of carboxylic acid groups (broad SMARTS) is 1. The molecular formula is C14H22O2. The lowest BCUT2D eigenvalue weighted by Crippen LogP contribution is -2.42. The Hall–Kier alpha value is -0.790. The molecule has 0 aromatic rings. The molecule has 3 atom stereocenters. The molecule has 2 aliphatic carbocycles. The van der Waals surface area contributed by atoms with Gasteiger partial charge < -0.3 is 5.11 Å². The summed E-state index contributed by atoms with van der Waals surface area (Å²) in [4.78, 5) is 11.7. The molecule has 2 rings (SSSR count). The van der Waals surface area contributed by atoms with Gasteiger partial charge in [-0.3, -0.25) is 4.79 Å². The van der Waals surface area contributed by atoms with Gasteiger partial charge in [0.2, 0.25) is 0 Å². The molecule has 1 N–H and O–H groups in total. The van der Waals surface area contributed by atoms with Gasteiger partial charge in [0.15, 0.2) is 0 Å². The summed E-state index contributed by atoms with van der Waals surface area (Å²) in [5.41, 5.74) is -0.594. The van der Waals surface area contributed by atoms with E-state index < -0.39 is 11.4 Å². The Morgan fingerprint density at radius 1 is 1.62 bits per heavy atom. The van der Waals surface area contributed by atoms with E-state index in [1.165, 1.54) is 6.42 Å². The first-order chi connectivity index (χ1) is 7.54. The highest BCUT2D eigenvalue weighted by Gasteiger charge is 2.56. The van der Waals surface area contributed by atoms with Crippen molar-refractivity contribution < 1.29 is 9.90 Å². The summed E-state index contributed by atoms with van der Waals surface area (Å²) >= 11 is 0. The van der Waals surface area contributed by atoms with E-state index in [0.717, 1.165) is 32.1 Å². The van der Waals surface area contributed by atoms with Gasteiger partial charge >= 0.3 is 5.97 Å². The van der Waals surface area contributed by atoms with Gasteiger partial charge in [-0.2, -0.15) is 0 Å². The molecule has 2 aliphatic rings. The van der Waals surface area contributed by atoms with E-state index in [-0.39, 0.29) is 5.41 Å². The molecule has 1 fully saturated rings. The Morgan fingerprint density at radius 2 is 2.38 bits per heavy atom. The minimum absolute atomic E-state index is 0.0430. The zero-order valence-corrected chi connectivity index (χ0v) is 10.3. The molecule has 90 valence electrons. The van der Waals surface area contributed by atoms with Gasteiger partial charge in [-0.05, 0) is 38.5 Å². The topological polar surface area (TPSA) is 37.3 Å². The Balaban J connectivity index is 2.25. The standard InChI is InChI=1S/C14H22O2/c1-3-4-7-13(2,12(15)16)14-8-5-11(10-14)6-9-14/h5,8,11H,3-4,6-7,9-10H2,1-2H3,(H,15,16). The number of aliphatic carboxylic acids is 1. The fourth-order valence-electron chi connectivity index (χ4n) is 3.54. The molecule has 2 bridgehead atoms. The summed E-state index contributed by atoms with van der Waals surface area (Å²) in [6.45, 7) is 4.09. The van der Waals surface area contributed by atoms with Crippen LogP contribution in [0.5, 0.6) is 0 Å². The minimum Gasteiger partial charge on any atom is -0.481 e. The average molecular weight is 222 g/mol. The number of carbonyl (C=O) groups is 1. The number of unbranched alkanes of at least 4 members (excludes halogenated alkanes) is 1. The third-order valence-electron chi connectivity index (χ3n) is 4.88. The lowest BCUT2D eigenvalue weighted by atomic mass is 9.61. The first kappa shape index (κ1) is 11.7. The van der Waals surface area contributed by atoms with Gasteiger partial charge in [-0.15, -0.1) is 0 Å². The fourth-order valence-corrected chi connectivity index (χ4v) is 3.54. The monoisotopic (exact) mass is 222 g/mol. The Kier molecular flexibility index (Phi) is 2.85. The predicted octanol–water partition coefficient (Wildman–Crippen LogP) is 3.62. The van der Waals surface area contributed by atoms with Crippen LogP contribution in [0.2, 0.25) is 0 Å². The van der Waals surface area contributed by atoms with Crippen molar-refractivity contribution in [1.82, 2.24) is 0 Å². The maximum Gasteiger partial charge on any atom is 0.310 e. The van der Waals surface area contributed by atoms with Crippen molar-refractivity contribution in [3.63, 3.8) is 0 Å². The lowest BCUT2D eigenvalue weighted by Gasteiger charge is -2.41. The fraction of sp³-hybridized carbons (Fsp3) is 0.786. The van der Waals surface area contributed by atoms with Crippen LogP contribution in [0.1, 0.15) is 52.4 Å². The zero-order valence-electron chi connectivity index (χ0n) is 10.3. The largest absolute Gasteiger partial charge is 0.481 e. The lowest BCUT2D eigenvalue weighted by molar-refractivity contribution is -0.155. The quantitative estimate of drug-likeness (QED) is 0.721. The third kappa shape index (κ3) is 1.50. The van der Waals surface area contributed by atoms with Crippen LogP contribution in [-0.4, -0.2) is 11.1 Å². The molecule has 1 saturated carbocycles. The highest BCUT2D eigenvalue weighted by Crippen LogP contribution is 2.60. The summed E-state index contributed by atoms with van der Waals surface area (Å²) in [5.74, 6) is 0.0495. The van der Waals surface area contributed by atoms with Gasteiger partial charge in [0.25, 0.3) is 0 Å². The first-order valence-corrected chi connectivity index (χ1v) is 6.47. The molecule has 3 unspecified atom stereocenters. The van der Waals surface area contributed by atoms with Crippen molar-refractivity contribution in [2.45, 2.75) is 52.4 Å². The SMILES string of the molecule is CCCCC(C)(C(=O)O)C12C=CC(CC1)C2. The molecule has 0 aromatic heterocycles. The van der Waals surface area contributed by atoms with Gasteiger partial charge in [0.1, 0.15) is 0 Å². The van der Waals surface area contributed by atoms with Crippen LogP contribution >= 0.6 is 0 Å². The van der Waals surface area contributed by atoms with Crippen molar-refractivity contribution in [3.8, 4) is 0 Å². The number of carboxylic acids is 1. The molecular weight excluding hydrogens is 200 g/mol. The van der Waals surface area contributed by atoms with Gasteiger partial charge in [-0.1, -0.05) is 31.9 Å². The molecule has 0 spiro atoms. The highest BCUT2D eigenvalue weighted by atomic mass is 16.4. The number of allylic oxidation sites excluding steroid dienone is 2. The Morgan fingerprint density at radius 3 is 2.75 bits per heavy atom. The maximum atomic E-state index is 11.7. The van der Waals surface area contributed by atoms with Crippen LogP contribution < -0.4 is 0 Å². The van der Waals surface area contributed by atoms with E-state index in [9.17, 15) is 9.90 Å². The van der Waals surface area contributed by atoms with Crippen LogP contribution in [-0.2, 0) is 4.79 Å². The predicted molar refractivity (Wildman–Crippen MR) is 64.2 cm³/mol. The molecule has 0 saturated heterocycles. The number of rotatable bonds is 5. The molecule has 0 heterocycles. The summed E-state index contributed by atoms with van der Waals surface area (Å²) in [5, 5.41) is 9.60. The zero-order chi connectivity index (χ0) is 11.8. The van der Waals surface area contributed by atoms with Crippen LogP contribution in [0, 0.1) is 16.7 Å². The van der Waals surface area contributed by atoms with E-state index in [4.69, 9.17) is 0 Å². The second-order valence-corrected chi connectivity index (χ2v) is 5.76. The molecule has 0 radical (unpaired) electrons. The summed E-state index contributed by atoms with van der Waals surface area (Å²) < 4.78 is 0. The summed E-state index contributed by atoms with van der Waals surface area (Å²) in [6.07, 6.45) is 10.7. The summed E-state index contributed by atoms with van der Waals surface area (Å²) in [6, 6.07) is 0. The van der Waals surface area contributed by atoms with Crippen molar-refractivity contribution >= 4 is 5.97 Å². The molecule has 2 heteroatoms. The minimum atomic E-state index is -0.604. The number of hydrogen-bond acceptors (Lipinski definition) is 1. The summed E-state index contributed by atoms with van der Waals surface area (Å²) in [7, 11) is 0. The normalized spacial score (nSPS) is 35.2. The maximum absolute atomic E-state index is 11.7. The van der Waals surface area contributed by atoms with Gasteiger partial charge in [0, 0.05) is 5.41 Å². The Bertz CT molecular complexity index is 321. The third-order valence-corrected chi connectivity index (χ3v) is 4.88. The van der Waals surface area contributed by atoms with Crippen LogP contribution in [0.25, 0.3) is 0 Å². The first-order valence-electron chi connectivity index (χ1n) is 6.47. The number of fused-ring (bicyclic) bond motifs is 2. The number of hydrogen-bond donors (Lipinski definition) is 1. The van der Waals surface area contributed by atoms with Crippen molar-refractivity contribution in [1.29, 1.82) is 0 Å². The van der Waals surface area contributed by atoms with Crippen LogP contribution in [0.3, 0.4) is 0 Å². The molecule has 0 aromatic carbocycles. The molecule has 2 nitrogen and oxygen atoms in total. The van der Waals surface area contributed by atoms with Gasteiger partial charge in [0.05, 0.1) is 5.41 Å². The second-order valence-electron chi connectivity index (χ2n) is 5.76. The molecule has 0 aliphatic heterocycles. The second kappa shape index (κ2) is 3.90. The van der Waals surface area contributed by atoms with E-state index in [1.807, 2.05) is 6.92 Å². The van der Waals surface area contributed by atoms with E-state index >= 15 is 0 Å². The van der Waals surface area contributed by atoms with E-state index in [2.05, 4.69) is 19.1 Å². The molecule has 0 amide bonds. The highest BCUT2D eigenvalue weighted by molar-refractivity contribution is 5.76. The Labute approximate surface area is 97.7 Å². The van der Waals surface area contributed by atoms with Crippen LogP contribution in [0.15, 0.2) is 12.2 Å². The van der Waals surface area contributed by atoms with E-state index in [0.29, 0.717) is 5.92 Å². The van der Waals surface area contributed by atoms with Crippen molar-refractivity contribution in [2.75, 3.05) is 0 Å². The van der Waals surface area contributed by atoms with Crippen LogP contribution in [0.4, 0.5) is 0 Å².